The van der Waals surface area contributed by atoms with E-state index in [2.05, 4.69) is 123 Å². The van der Waals surface area contributed by atoms with Gasteiger partial charge in [0.25, 0.3) is 0 Å². The van der Waals surface area contributed by atoms with Gasteiger partial charge in [-0.2, -0.15) is 0 Å². The number of hydrogen-bond donors (Lipinski definition) is 0. The van der Waals surface area contributed by atoms with Crippen LogP contribution in [0, 0.1) is 0 Å². The zero-order valence-corrected chi connectivity index (χ0v) is 24.2. The fourth-order valence-electron chi connectivity index (χ4n) is 6.49. The molecule has 0 aliphatic carbocycles. The number of nitrogens with zero attached hydrogens (tertiary/aromatic N) is 6. The van der Waals surface area contributed by atoms with Crippen molar-refractivity contribution in [2.24, 2.45) is 0 Å². The minimum absolute atomic E-state index is 0.813. The highest BCUT2D eigenvalue weighted by Crippen LogP contribution is 2.40. The highest BCUT2D eigenvalue weighted by molar-refractivity contribution is 6.11. The summed E-state index contributed by atoms with van der Waals surface area (Å²) in [5.74, 6) is 2.53. The fraction of sp³-hybridized carbons (Fsp3) is 0. The van der Waals surface area contributed by atoms with Gasteiger partial charge in [0.2, 0.25) is 0 Å². The third-order valence-electron chi connectivity index (χ3n) is 8.42. The summed E-state index contributed by atoms with van der Waals surface area (Å²) in [5, 5.41) is 4.59. The van der Waals surface area contributed by atoms with E-state index >= 15 is 0 Å². The van der Waals surface area contributed by atoms with Crippen LogP contribution in [0.4, 0.5) is 17.2 Å². The molecule has 212 valence electrons. The van der Waals surface area contributed by atoms with Gasteiger partial charge in [0.15, 0.2) is 0 Å². The normalized spacial score (nSPS) is 11.6. The lowest BCUT2D eigenvalue weighted by Crippen LogP contribution is -2.12. The van der Waals surface area contributed by atoms with E-state index in [1.54, 1.807) is 0 Å². The molecule has 6 heteroatoms. The number of rotatable bonds is 5. The molecule has 0 saturated heterocycles. The van der Waals surface area contributed by atoms with E-state index in [9.17, 15) is 0 Å². The molecule has 9 rings (SSSR count). The van der Waals surface area contributed by atoms with Gasteiger partial charge in [-0.15, -0.1) is 0 Å². The van der Waals surface area contributed by atoms with Crippen molar-refractivity contribution in [3.05, 3.63) is 158 Å². The zero-order chi connectivity index (χ0) is 29.7. The van der Waals surface area contributed by atoms with E-state index in [-0.39, 0.29) is 0 Å². The van der Waals surface area contributed by atoms with Crippen LogP contribution < -0.4 is 4.90 Å². The van der Waals surface area contributed by atoms with Crippen LogP contribution in [0.1, 0.15) is 0 Å². The zero-order valence-electron chi connectivity index (χ0n) is 24.2. The van der Waals surface area contributed by atoms with Crippen LogP contribution in [0.5, 0.6) is 0 Å². The molecule has 5 aromatic heterocycles. The lowest BCUT2D eigenvalue weighted by Gasteiger charge is -2.25. The second-order valence-electron chi connectivity index (χ2n) is 11.0. The first-order valence-corrected chi connectivity index (χ1v) is 15.0. The first-order chi connectivity index (χ1) is 22.3. The summed E-state index contributed by atoms with van der Waals surface area (Å²) in [6.45, 7) is 0. The van der Waals surface area contributed by atoms with E-state index < -0.39 is 0 Å². The summed E-state index contributed by atoms with van der Waals surface area (Å²) < 4.78 is 4.40. The summed E-state index contributed by atoms with van der Waals surface area (Å²) in [5.41, 5.74) is 6.15. The van der Waals surface area contributed by atoms with Crippen molar-refractivity contribution in [3.8, 4) is 11.6 Å². The smallest absolute Gasteiger partial charge is 0.149 e. The molecule has 5 heterocycles. The first kappa shape index (κ1) is 25.2. The molecule has 0 aliphatic rings. The highest BCUT2D eigenvalue weighted by Gasteiger charge is 2.21. The number of pyridine rings is 3. The molecular formula is C39H26N6. The number of para-hydroxylation sites is 3. The molecule has 9 aromatic rings. The predicted octanol–water partition coefficient (Wildman–Crippen LogP) is 9.54. The Kier molecular flexibility index (Phi) is 5.71. The van der Waals surface area contributed by atoms with Crippen LogP contribution in [0.15, 0.2) is 158 Å². The quantitative estimate of drug-likeness (QED) is 0.204. The molecule has 0 spiro atoms. The van der Waals surface area contributed by atoms with Gasteiger partial charge in [0.1, 0.15) is 23.1 Å². The lowest BCUT2D eigenvalue weighted by atomic mass is 10.1. The molecule has 4 aromatic carbocycles. The minimum Gasteiger partial charge on any atom is -0.295 e. The Morgan fingerprint density at radius 3 is 1.71 bits per heavy atom. The van der Waals surface area contributed by atoms with Crippen molar-refractivity contribution in [2.75, 3.05) is 4.90 Å². The van der Waals surface area contributed by atoms with E-state index in [0.717, 1.165) is 61.8 Å². The van der Waals surface area contributed by atoms with E-state index in [4.69, 9.17) is 15.0 Å². The maximum Gasteiger partial charge on any atom is 0.149 e. The molecule has 0 bridgehead atoms. The molecule has 0 unspecified atom stereocenters. The van der Waals surface area contributed by atoms with Gasteiger partial charge in [0.05, 0.1) is 16.6 Å². The van der Waals surface area contributed by atoms with Crippen molar-refractivity contribution in [2.45, 2.75) is 0 Å². The van der Waals surface area contributed by atoms with Crippen molar-refractivity contribution >= 4 is 60.9 Å². The average molecular weight is 579 g/mol. The summed E-state index contributed by atoms with van der Waals surface area (Å²) in [4.78, 5) is 17.0. The molecule has 0 fully saturated rings. The topological polar surface area (TPSA) is 51.8 Å². The van der Waals surface area contributed by atoms with Crippen LogP contribution in [-0.2, 0) is 0 Å². The van der Waals surface area contributed by atoms with Crippen molar-refractivity contribution in [1.29, 1.82) is 0 Å². The van der Waals surface area contributed by atoms with Crippen LogP contribution >= 0.6 is 0 Å². The van der Waals surface area contributed by atoms with Gasteiger partial charge in [-0.05, 0) is 72.8 Å². The molecule has 45 heavy (non-hydrogen) atoms. The Morgan fingerprint density at radius 2 is 1.00 bits per heavy atom. The first-order valence-electron chi connectivity index (χ1n) is 15.0. The monoisotopic (exact) mass is 578 g/mol. The predicted molar refractivity (Wildman–Crippen MR) is 183 cm³/mol. The van der Waals surface area contributed by atoms with Crippen LogP contribution in [0.3, 0.4) is 0 Å². The van der Waals surface area contributed by atoms with Crippen molar-refractivity contribution < 1.29 is 0 Å². The van der Waals surface area contributed by atoms with Crippen molar-refractivity contribution in [1.82, 2.24) is 24.1 Å². The third-order valence-corrected chi connectivity index (χ3v) is 8.42. The van der Waals surface area contributed by atoms with Crippen LogP contribution in [0.25, 0.3) is 55.4 Å². The van der Waals surface area contributed by atoms with E-state index in [0.29, 0.717) is 0 Å². The fourth-order valence-corrected chi connectivity index (χ4v) is 6.49. The van der Waals surface area contributed by atoms with Gasteiger partial charge in [-0.25, -0.2) is 15.0 Å². The minimum atomic E-state index is 0.813. The average Bonchev–Trinajstić information content (AvgIpc) is 3.62. The van der Waals surface area contributed by atoms with Gasteiger partial charge < -0.3 is 0 Å². The molecule has 0 saturated carbocycles. The number of hydrogen-bond acceptors (Lipinski definition) is 4. The van der Waals surface area contributed by atoms with Gasteiger partial charge >= 0.3 is 0 Å². The molecule has 0 N–H and O–H groups in total. The third kappa shape index (κ3) is 4.00. The maximum absolute atomic E-state index is 5.38. The maximum atomic E-state index is 5.38. The lowest BCUT2D eigenvalue weighted by molar-refractivity contribution is 1.05. The number of aromatic nitrogens is 5. The Labute approximate surface area is 259 Å². The van der Waals surface area contributed by atoms with Gasteiger partial charge in [-0.3, -0.25) is 14.0 Å². The molecule has 0 aliphatic heterocycles. The number of fused-ring (bicyclic) bond motifs is 6. The van der Waals surface area contributed by atoms with Gasteiger partial charge in [0, 0.05) is 45.3 Å². The Bertz CT molecular complexity index is 2320. The van der Waals surface area contributed by atoms with Crippen molar-refractivity contribution in [3.63, 3.8) is 0 Å². The second-order valence-corrected chi connectivity index (χ2v) is 11.0. The summed E-state index contributed by atoms with van der Waals surface area (Å²) in [7, 11) is 0. The van der Waals surface area contributed by atoms with E-state index in [1.807, 2.05) is 48.8 Å². The SMILES string of the molecule is c1ccc(N(c2ccc3c4ccccc4n(-c4ccccn4)c3c2)c2ccc3c4ccccc4n(-c4ccccn4)c3n2)cc1. The second kappa shape index (κ2) is 10.2. The molecule has 0 radical (unpaired) electrons. The summed E-state index contributed by atoms with van der Waals surface area (Å²) in [6, 6.07) is 50.3. The Morgan fingerprint density at radius 1 is 0.422 bits per heavy atom. The summed E-state index contributed by atoms with van der Waals surface area (Å²) in [6.07, 6.45) is 3.67. The Hall–Kier alpha value is -6.27. The number of anilines is 3. The van der Waals surface area contributed by atoms with Gasteiger partial charge in [-0.1, -0.05) is 72.8 Å². The standard InChI is InChI=1S/C39H26N6/c1-2-12-27(13-3-1)43(28-20-21-31-29-14-4-6-16-33(29)44(35(31)26-28)36-18-8-10-24-40-36)38-23-22-32-30-15-5-7-17-34(30)45(39(32)42-38)37-19-9-11-25-41-37/h1-26H. The van der Waals surface area contributed by atoms with E-state index in [1.165, 1.54) is 10.8 Å². The number of benzene rings is 4. The van der Waals surface area contributed by atoms with Crippen LogP contribution in [0.2, 0.25) is 0 Å². The molecule has 0 atom stereocenters. The molecular weight excluding hydrogens is 552 g/mol. The Balaban J connectivity index is 1.32. The molecule has 0 amide bonds. The molecule has 6 nitrogen and oxygen atoms in total. The largest absolute Gasteiger partial charge is 0.295 e. The summed E-state index contributed by atoms with van der Waals surface area (Å²) >= 11 is 0. The van der Waals surface area contributed by atoms with Crippen LogP contribution in [-0.4, -0.2) is 24.1 Å². The highest BCUT2D eigenvalue weighted by atomic mass is 15.2.